The molecule has 1 aromatic carbocycles. The lowest BCUT2D eigenvalue weighted by Crippen LogP contribution is -2.06. The van der Waals surface area contributed by atoms with Gasteiger partial charge in [-0.2, -0.15) is 14.9 Å². The van der Waals surface area contributed by atoms with Crippen molar-refractivity contribution in [1.29, 1.82) is 0 Å². The summed E-state index contributed by atoms with van der Waals surface area (Å²) in [4.78, 5) is 0. The summed E-state index contributed by atoms with van der Waals surface area (Å²) in [5, 5.41) is 16.9. The molecule has 0 bridgehead atoms. The summed E-state index contributed by atoms with van der Waals surface area (Å²) >= 11 is 0. The Bertz CT molecular complexity index is 912. The summed E-state index contributed by atoms with van der Waals surface area (Å²) in [6.45, 7) is 8.92. The fourth-order valence-corrected chi connectivity index (χ4v) is 2.55. The molecule has 8 nitrogen and oxygen atoms in total. The number of hydrogen-bond donors (Lipinski definition) is 0. The topological polar surface area (TPSA) is 79.4 Å². The Morgan fingerprint density at radius 3 is 2.54 bits per heavy atom. The van der Waals surface area contributed by atoms with Crippen molar-refractivity contribution in [2.45, 2.75) is 27.7 Å². The molecule has 0 saturated heterocycles. The average molecular weight is 354 g/mol. The smallest absolute Gasteiger partial charge is 0.273 e. The molecule has 0 aliphatic rings. The Labute approximate surface area is 152 Å². The number of aromatic nitrogens is 5. The highest BCUT2D eigenvalue weighted by molar-refractivity contribution is 5.80. The normalized spacial score (nSPS) is 11.2. The highest BCUT2D eigenvalue weighted by Gasteiger charge is 2.10. The molecule has 2 heterocycles. The lowest BCUT2D eigenvalue weighted by molar-refractivity contribution is 0.288. The second-order valence-corrected chi connectivity index (χ2v) is 5.63. The van der Waals surface area contributed by atoms with Crippen molar-refractivity contribution in [2.75, 3.05) is 13.2 Å². The number of nitrogens with zero attached hydrogens (tertiary/aromatic N) is 6. The first kappa shape index (κ1) is 17.7. The predicted molar refractivity (Wildman–Crippen MR) is 98.4 cm³/mol. The lowest BCUT2D eigenvalue weighted by Gasteiger charge is -2.11. The van der Waals surface area contributed by atoms with E-state index in [9.17, 15) is 0 Å². The van der Waals surface area contributed by atoms with E-state index < -0.39 is 0 Å². The molecule has 0 aliphatic heterocycles. The Morgan fingerprint density at radius 2 is 1.85 bits per heavy atom. The van der Waals surface area contributed by atoms with E-state index in [2.05, 4.69) is 20.4 Å². The maximum absolute atomic E-state index is 5.65. The Morgan fingerprint density at radius 1 is 1.08 bits per heavy atom. The highest BCUT2D eigenvalue weighted by atomic mass is 16.5. The molecular formula is C18H22N6O2. The van der Waals surface area contributed by atoms with Gasteiger partial charge in [-0.1, -0.05) is 0 Å². The average Bonchev–Trinajstić information content (AvgIpc) is 3.21. The van der Waals surface area contributed by atoms with Gasteiger partial charge in [0.2, 0.25) is 0 Å². The summed E-state index contributed by atoms with van der Waals surface area (Å²) < 4.78 is 14.5. The molecule has 0 amide bonds. The van der Waals surface area contributed by atoms with Crippen LogP contribution in [0.3, 0.4) is 0 Å². The number of hydrogen-bond acceptors (Lipinski definition) is 6. The fraction of sp³-hybridized carbons (Fsp3) is 0.333. The second kappa shape index (κ2) is 7.81. The zero-order valence-electron chi connectivity index (χ0n) is 15.4. The van der Waals surface area contributed by atoms with E-state index in [4.69, 9.17) is 9.47 Å². The molecule has 0 unspecified atom stereocenters. The van der Waals surface area contributed by atoms with Gasteiger partial charge in [0.15, 0.2) is 11.5 Å². The molecule has 3 aromatic rings. The molecule has 0 N–H and O–H groups in total. The van der Waals surface area contributed by atoms with E-state index in [0.717, 1.165) is 22.7 Å². The van der Waals surface area contributed by atoms with Crippen molar-refractivity contribution >= 4 is 6.21 Å². The Hall–Kier alpha value is -3.16. The second-order valence-electron chi connectivity index (χ2n) is 5.63. The van der Waals surface area contributed by atoms with Crippen LogP contribution >= 0.6 is 0 Å². The lowest BCUT2D eigenvalue weighted by atomic mass is 10.2. The first-order valence-corrected chi connectivity index (χ1v) is 8.50. The van der Waals surface area contributed by atoms with Crippen LogP contribution in [0.1, 0.15) is 30.8 Å². The van der Waals surface area contributed by atoms with Gasteiger partial charge in [0.05, 0.1) is 25.1 Å². The number of aryl methyl sites for hydroxylation is 2. The molecule has 26 heavy (non-hydrogen) atoms. The van der Waals surface area contributed by atoms with Crippen LogP contribution in [0.2, 0.25) is 0 Å². The highest BCUT2D eigenvalue weighted by Crippen LogP contribution is 2.28. The van der Waals surface area contributed by atoms with E-state index in [1.807, 2.05) is 52.0 Å². The quantitative estimate of drug-likeness (QED) is 0.610. The van der Waals surface area contributed by atoms with Gasteiger partial charge < -0.3 is 9.47 Å². The zero-order valence-corrected chi connectivity index (χ0v) is 15.4. The first-order valence-electron chi connectivity index (χ1n) is 8.50. The van der Waals surface area contributed by atoms with E-state index >= 15 is 0 Å². The van der Waals surface area contributed by atoms with E-state index in [-0.39, 0.29) is 0 Å². The number of ether oxygens (including phenoxy) is 2. The molecular weight excluding hydrogens is 332 g/mol. The van der Waals surface area contributed by atoms with Crippen LogP contribution in [0.15, 0.2) is 35.7 Å². The summed E-state index contributed by atoms with van der Waals surface area (Å²) in [7, 11) is 0. The molecule has 0 atom stereocenters. The van der Waals surface area contributed by atoms with Crippen LogP contribution in [0.25, 0.3) is 5.95 Å². The maximum Gasteiger partial charge on any atom is 0.273 e. The molecule has 2 aromatic heterocycles. The van der Waals surface area contributed by atoms with Gasteiger partial charge in [-0.05, 0) is 57.5 Å². The van der Waals surface area contributed by atoms with Crippen molar-refractivity contribution in [3.8, 4) is 17.4 Å². The van der Waals surface area contributed by atoms with E-state index in [0.29, 0.717) is 24.9 Å². The van der Waals surface area contributed by atoms with Gasteiger partial charge in [-0.15, -0.1) is 10.2 Å². The zero-order chi connectivity index (χ0) is 18.5. The Kier molecular flexibility index (Phi) is 5.31. The molecule has 0 aliphatic carbocycles. The van der Waals surface area contributed by atoms with Crippen molar-refractivity contribution in [3.05, 3.63) is 47.5 Å². The third-order valence-electron chi connectivity index (χ3n) is 3.61. The molecule has 3 rings (SSSR count). The van der Waals surface area contributed by atoms with Gasteiger partial charge in [-0.25, -0.2) is 4.68 Å². The monoisotopic (exact) mass is 354 g/mol. The fourth-order valence-electron chi connectivity index (χ4n) is 2.55. The van der Waals surface area contributed by atoms with Gasteiger partial charge in [0, 0.05) is 5.69 Å². The maximum atomic E-state index is 5.65. The molecule has 0 saturated carbocycles. The predicted octanol–water partition coefficient (Wildman–Crippen LogP) is 2.76. The van der Waals surface area contributed by atoms with E-state index in [1.165, 1.54) is 0 Å². The van der Waals surface area contributed by atoms with Crippen LogP contribution in [0.4, 0.5) is 0 Å². The SMILES string of the molecule is CCOc1ccc(/C=N/n2cnnc2-n2nc(C)cc2C)cc1OCC. The van der Waals surface area contributed by atoms with Crippen molar-refractivity contribution in [2.24, 2.45) is 5.10 Å². The summed E-state index contributed by atoms with van der Waals surface area (Å²) in [6.07, 6.45) is 3.26. The summed E-state index contributed by atoms with van der Waals surface area (Å²) in [5.41, 5.74) is 2.76. The van der Waals surface area contributed by atoms with Crippen LogP contribution in [-0.4, -0.2) is 44.1 Å². The van der Waals surface area contributed by atoms with Crippen LogP contribution in [0.5, 0.6) is 11.5 Å². The van der Waals surface area contributed by atoms with Gasteiger partial charge in [0.1, 0.15) is 6.33 Å². The van der Waals surface area contributed by atoms with Crippen molar-refractivity contribution < 1.29 is 9.47 Å². The minimum absolute atomic E-state index is 0.530. The minimum Gasteiger partial charge on any atom is -0.490 e. The first-order chi connectivity index (χ1) is 12.6. The number of rotatable bonds is 7. The van der Waals surface area contributed by atoms with Crippen LogP contribution in [0, 0.1) is 13.8 Å². The van der Waals surface area contributed by atoms with Gasteiger partial charge in [-0.3, -0.25) is 0 Å². The van der Waals surface area contributed by atoms with Gasteiger partial charge in [0.25, 0.3) is 5.95 Å². The largest absolute Gasteiger partial charge is 0.490 e. The number of benzene rings is 1. The minimum atomic E-state index is 0.530. The molecule has 0 radical (unpaired) electrons. The van der Waals surface area contributed by atoms with Crippen LogP contribution in [-0.2, 0) is 0 Å². The van der Waals surface area contributed by atoms with Crippen molar-refractivity contribution in [1.82, 2.24) is 24.7 Å². The van der Waals surface area contributed by atoms with Crippen molar-refractivity contribution in [3.63, 3.8) is 0 Å². The molecule has 0 spiro atoms. The third kappa shape index (κ3) is 3.74. The van der Waals surface area contributed by atoms with Gasteiger partial charge >= 0.3 is 0 Å². The molecule has 8 heteroatoms. The van der Waals surface area contributed by atoms with Crippen LogP contribution < -0.4 is 9.47 Å². The molecule has 0 fully saturated rings. The summed E-state index contributed by atoms with van der Waals surface area (Å²) in [5.74, 6) is 1.95. The van der Waals surface area contributed by atoms with E-state index in [1.54, 1.807) is 21.9 Å². The Balaban J connectivity index is 1.88. The standard InChI is InChI=1S/C18H22N6O2/c1-5-25-16-8-7-15(10-17(16)26-6-2)11-20-23-12-19-21-18(23)24-14(4)9-13(3)22-24/h7-12H,5-6H2,1-4H3/b20-11+. The third-order valence-corrected chi connectivity index (χ3v) is 3.61. The summed E-state index contributed by atoms with van der Waals surface area (Å²) in [6, 6.07) is 7.67. The molecule has 136 valence electrons.